The van der Waals surface area contributed by atoms with Gasteiger partial charge >= 0.3 is 17.8 Å². The van der Waals surface area contributed by atoms with Gasteiger partial charge in [-0.15, -0.1) is 0 Å². The number of amides is 2. The Hall–Kier alpha value is -3.91. The second kappa shape index (κ2) is 11.2. The molecule has 0 aromatic heterocycles. The Morgan fingerprint density at radius 3 is 2.31 bits per heavy atom. The van der Waals surface area contributed by atoms with Gasteiger partial charge in [-0.05, 0) is 59.3 Å². The van der Waals surface area contributed by atoms with Crippen LogP contribution < -0.4 is 15.5 Å². The molecule has 0 saturated heterocycles. The minimum Gasteiger partial charge on any atom is -0.422 e. The first-order chi connectivity index (χ1) is 17.3. The molecule has 0 aliphatic carbocycles. The molecule has 10 heteroatoms. The molecule has 2 N–H and O–H groups in total. The number of hydrogen-bond donors (Lipinski definition) is 2. The number of halogens is 3. The number of esters is 1. The summed E-state index contributed by atoms with van der Waals surface area (Å²) in [5.74, 6) is -2.42. The summed E-state index contributed by atoms with van der Waals surface area (Å²) in [4.78, 5) is 37.2. The van der Waals surface area contributed by atoms with Crippen LogP contribution in [0.3, 0.4) is 0 Å². The van der Waals surface area contributed by atoms with Gasteiger partial charge in [0.05, 0.1) is 22.5 Å². The van der Waals surface area contributed by atoms with Gasteiger partial charge in [0, 0.05) is 15.6 Å². The minimum absolute atomic E-state index is 0.179. The van der Waals surface area contributed by atoms with Gasteiger partial charge in [-0.1, -0.05) is 65.1 Å². The molecule has 4 rings (SSSR count). The highest BCUT2D eigenvalue weighted by Crippen LogP contribution is 2.28. The summed E-state index contributed by atoms with van der Waals surface area (Å²) >= 11 is 17.8. The number of anilines is 1. The van der Waals surface area contributed by atoms with Crippen molar-refractivity contribution in [2.75, 3.05) is 5.32 Å². The highest BCUT2D eigenvalue weighted by atomic mass is 35.5. The van der Waals surface area contributed by atoms with Gasteiger partial charge in [-0.3, -0.25) is 9.59 Å². The lowest BCUT2D eigenvalue weighted by atomic mass is 10.0. The first-order valence-corrected chi connectivity index (χ1v) is 11.5. The summed E-state index contributed by atoms with van der Waals surface area (Å²) in [7, 11) is 0. The summed E-state index contributed by atoms with van der Waals surface area (Å²) in [5.41, 5.74) is 3.07. The molecule has 0 fully saturated rings. The first-order valence-electron chi connectivity index (χ1n) is 10.4. The molecule has 180 valence electrons. The molecule has 0 heterocycles. The number of fused-ring (bicyclic) bond motifs is 1. The van der Waals surface area contributed by atoms with Crippen LogP contribution in [0.25, 0.3) is 10.8 Å². The molecule has 7 nitrogen and oxygen atoms in total. The number of hydrogen-bond acceptors (Lipinski definition) is 5. The van der Waals surface area contributed by atoms with Crippen molar-refractivity contribution in [3.63, 3.8) is 0 Å². The lowest BCUT2D eigenvalue weighted by Gasteiger charge is -2.11. The van der Waals surface area contributed by atoms with E-state index in [2.05, 4.69) is 15.8 Å². The summed E-state index contributed by atoms with van der Waals surface area (Å²) < 4.78 is 5.60. The number of hydrazone groups is 1. The van der Waals surface area contributed by atoms with Crippen molar-refractivity contribution >= 4 is 75.3 Å². The van der Waals surface area contributed by atoms with E-state index in [1.807, 2.05) is 24.3 Å². The van der Waals surface area contributed by atoms with Crippen molar-refractivity contribution in [3.05, 3.63) is 105 Å². The van der Waals surface area contributed by atoms with Crippen LogP contribution in [0, 0.1) is 0 Å². The molecule has 0 unspecified atom stereocenters. The van der Waals surface area contributed by atoms with E-state index in [9.17, 15) is 14.4 Å². The van der Waals surface area contributed by atoms with Crippen LogP contribution in [0.4, 0.5) is 5.69 Å². The lowest BCUT2D eigenvalue weighted by molar-refractivity contribution is -0.136. The average molecular weight is 541 g/mol. The molecular formula is C26H16Cl3N3O4. The topological polar surface area (TPSA) is 96.9 Å². The number of nitrogens with zero attached hydrogens (tertiary/aromatic N) is 1. The van der Waals surface area contributed by atoms with Crippen molar-refractivity contribution < 1.29 is 19.1 Å². The predicted molar refractivity (Wildman–Crippen MR) is 141 cm³/mol. The Bertz CT molecular complexity index is 1500. The molecule has 36 heavy (non-hydrogen) atoms. The first kappa shape index (κ1) is 25.2. The minimum atomic E-state index is -1.04. The largest absolute Gasteiger partial charge is 0.422 e. The maximum absolute atomic E-state index is 12.7. The van der Waals surface area contributed by atoms with Crippen molar-refractivity contribution in [2.45, 2.75) is 0 Å². The molecule has 0 saturated carbocycles. The van der Waals surface area contributed by atoms with Crippen LogP contribution in [0.1, 0.15) is 15.9 Å². The quantitative estimate of drug-likeness (QED) is 0.105. The highest BCUT2D eigenvalue weighted by molar-refractivity contribution is 6.42. The van der Waals surface area contributed by atoms with Crippen molar-refractivity contribution in [3.8, 4) is 5.75 Å². The van der Waals surface area contributed by atoms with E-state index in [1.54, 1.807) is 42.5 Å². The van der Waals surface area contributed by atoms with Crippen molar-refractivity contribution in [1.29, 1.82) is 0 Å². The molecule has 0 atom stereocenters. The van der Waals surface area contributed by atoms with E-state index < -0.39 is 17.8 Å². The third kappa shape index (κ3) is 6.01. The lowest BCUT2D eigenvalue weighted by Crippen LogP contribution is -2.32. The van der Waals surface area contributed by atoms with Gasteiger partial charge in [0.2, 0.25) is 0 Å². The van der Waals surface area contributed by atoms with E-state index >= 15 is 0 Å². The fraction of sp³-hybridized carbons (Fsp3) is 0. The van der Waals surface area contributed by atoms with Gasteiger partial charge in [0.15, 0.2) is 0 Å². The molecule has 0 bridgehead atoms. The number of benzene rings is 4. The summed E-state index contributed by atoms with van der Waals surface area (Å²) in [5, 5.41) is 8.87. The van der Waals surface area contributed by atoms with Gasteiger partial charge in [-0.25, -0.2) is 10.2 Å². The maximum Gasteiger partial charge on any atom is 0.343 e. The number of ether oxygens (including phenoxy) is 1. The Morgan fingerprint density at radius 1 is 0.806 bits per heavy atom. The fourth-order valence-electron chi connectivity index (χ4n) is 3.22. The standard InChI is InChI=1S/C26H16Cl3N3O4/c27-17-8-5-16(6-9-17)26(35)36-23-12-7-15-3-1-2-4-19(15)20(23)14-30-32-25(34)24(33)31-22-13-18(28)10-11-21(22)29/h1-14H,(H,31,33)(H,32,34)/b30-14-. The summed E-state index contributed by atoms with van der Waals surface area (Å²) in [6, 6.07) is 21.5. The Labute approximate surface area is 220 Å². The Balaban J connectivity index is 1.54. The number of carbonyl (C=O) groups excluding carboxylic acids is 3. The molecule has 2 amide bonds. The fourth-order valence-corrected chi connectivity index (χ4v) is 3.68. The molecular weight excluding hydrogens is 525 g/mol. The summed E-state index contributed by atoms with van der Waals surface area (Å²) in [6.07, 6.45) is 1.30. The smallest absolute Gasteiger partial charge is 0.343 e. The SMILES string of the molecule is O=C(N/N=C\c1c(OC(=O)c2ccc(Cl)cc2)ccc2ccccc12)C(=O)Nc1cc(Cl)ccc1Cl. The van der Waals surface area contributed by atoms with E-state index in [0.29, 0.717) is 26.6 Å². The van der Waals surface area contributed by atoms with Crippen molar-refractivity contribution in [2.24, 2.45) is 5.10 Å². The van der Waals surface area contributed by atoms with E-state index in [0.717, 1.165) is 5.39 Å². The second-order valence-corrected chi connectivity index (χ2v) is 8.65. The maximum atomic E-state index is 12.7. The Morgan fingerprint density at radius 2 is 1.53 bits per heavy atom. The van der Waals surface area contributed by atoms with E-state index in [-0.39, 0.29) is 16.5 Å². The second-order valence-electron chi connectivity index (χ2n) is 7.37. The number of nitrogens with one attached hydrogen (secondary N) is 2. The van der Waals surface area contributed by atoms with Crippen molar-refractivity contribution in [1.82, 2.24) is 5.43 Å². The molecule has 0 spiro atoms. The predicted octanol–water partition coefficient (Wildman–Crippen LogP) is 6.11. The van der Waals surface area contributed by atoms with E-state index in [1.165, 1.54) is 18.3 Å². The number of rotatable bonds is 5. The Kier molecular flexibility index (Phi) is 7.85. The van der Waals surface area contributed by atoms with Gasteiger partial charge < -0.3 is 10.1 Å². The van der Waals surface area contributed by atoms with Crippen LogP contribution >= 0.6 is 34.8 Å². The van der Waals surface area contributed by atoms with Crippen LogP contribution in [-0.4, -0.2) is 24.0 Å². The van der Waals surface area contributed by atoms with E-state index in [4.69, 9.17) is 39.5 Å². The molecule has 0 radical (unpaired) electrons. The number of carbonyl (C=O) groups is 3. The third-order valence-electron chi connectivity index (χ3n) is 4.96. The summed E-state index contributed by atoms with van der Waals surface area (Å²) in [6.45, 7) is 0. The van der Waals surface area contributed by atoms with Gasteiger partial charge in [-0.2, -0.15) is 5.10 Å². The molecule has 0 aliphatic rings. The van der Waals surface area contributed by atoms with Gasteiger partial charge in [0.25, 0.3) is 0 Å². The zero-order chi connectivity index (χ0) is 25.7. The van der Waals surface area contributed by atoms with Crippen LogP contribution in [-0.2, 0) is 9.59 Å². The molecule has 0 aliphatic heterocycles. The highest BCUT2D eigenvalue weighted by Gasteiger charge is 2.16. The normalized spacial score (nSPS) is 10.9. The van der Waals surface area contributed by atoms with Gasteiger partial charge in [0.1, 0.15) is 5.75 Å². The zero-order valence-corrected chi connectivity index (χ0v) is 20.6. The van der Waals surface area contributed by atoms with Crippen LogP contribution in [0.15, 0.2) is 84.0 Å². The monoisotopic (exact) mass is 539 g/mol. The van der Waals surface area contributed by atoms with Crippen LogP contribution in [0.5, 0.6) is 5.75 Å². The average Bonchev–Trinajstić information content (AvgIpc) is 2.87. The molecule has 4 aromatic carbocycles. The molecule has 4 aromatic rings. The van der Waals surface area contributed by atoms with Crippen LogP contribution in [0.2, 0.25) is 15.1 Å². The zero-order valence-electron chi connectivity index (χ0n) is 18.3. The third-order valence-corrected chi connectivity index (χ3v) is 5.77.